The number of amides is 1. The second-order valence-electron chi connectivity index (χ2n) is 7.58. The van der Waals surface area contributed by atoms with Gasteiger partial charge in [-0.1, -0.05) is 48.5 Å². The van der Waals surface area contributed by atoms with Crippen LogP contribution in [0.1, 0.15) is 24.5 Å². The van der Waals surface area contributed by atoms with E-state index in [-0.39, 0.29) is 29.0 Å². The van der Waals surface area contributed by atoms with Gasteiger partial charge >= 0.3 is 10.1 Å². The molecule has 0 saturated carbocycles. The van der Waals surface area contributed by atoms with Crippen LogP contribution in [0.2, 0.25) is 0 Å². The highest BCUT2D eigenvalue weighted by atomic mass is 32.2. The van der Waals surface area contributed by atoms with Crippen LogP contribution in [-0.4, -0.2) is 36.5 Å². The van der Waals surface area contributed by atoms with Crippen LogP contribution in [0.25, 0.3) is 0 Å². The number of carbonyl (C=O) groups excluding carboxylic acids is 1. The van der Waals surface area contributed by atoms with Crippen LogP contribution < -0.4 is 0 Å². The molecule has 3 atom stereocenters. The average molecular weight is 413 g/mol. The molecule has 2 aromatic carbocycles. The van der Waals surface area contributed by atoms with E-state index >= 15 is 0 Å². The van der Waals surface area contributed by atoms with Crippen LogP contribution >= 0.6 is 0 Å². The molecule has 1 amide bonds. The minimum Gasteiger partial charge on any atom is -0.393 e. The van der Waals surface area contributed by atoms with Gasteiger partial charge < -0.3 is 14.2 Å². The minimum absolute atomic E-state index is 0.110. The van der Waals surface area contributed by atoms with Gasteiger partial charge in [-0.05, 0) is 31.0 Å². The van der Waals surface area contributed by atoms with E-state index in [0.717, 1.165) is 5.56 Å². The molecule has 0 spiro atoms. The van der Waals surface area contributed by atoms with Crippen molar-refractivity contribution in [2.75, 3.05) is 0 Å². The number of allylic oxidation sites excluding steroid dienone is 1. The van der Waals surface area contributed by atoms with E-state index in [2.05, 4.69) is 0 Å². The molecule has 29 heavy (non-hydrogen) atoms. The molecule has 1 saturated heterocycles. The zero-order valence-electron chi connectivity index (χ0n) is 16.3. The zero-order chi connectivity index (χ0) is 20.8. The van der Waals surface area contributed by atoms with E-state index in [1.165, 1.54) is 6.07 Å². The quantitative estimate of drug-likeness (QED) is 0.582. The SMILES string of the molecule is Cc1ccccc1S(=O)(=O)OC1=C(Cc2ccccc2)N2C(=O)C(C(C)O)C2C1. The summed E-state index contributed by atoms with van der Waals surface area (Å²) >= 11 is 0. The fourth-order valence-corrected chi connectivity index (χ4v) is 5.38. The Labute approximate surface area is 170 Å². The molecule has 3 unspecified atom stereocenters. The van der Waals surface area contributed by atoms with Crippen LogP contribution in [0.15, 0.2) is 70.9 Å². The molecular formula is C22H23NO5S. The second kappa shape index (κ2) is 7.31. The minimum atomic E-state index is -4.03. The van der Waals surface area contributed by atoms with Crippen molar-refractivity contribution in [1.29, 1.82) is 0 Å². The van der Waals surface area contributed by atoms with Gasteiger partial charge in [0.15, 0.2) is 0 Å². The average Bonchev–Trinajstić information content (AvgIpc) is 2.94. The molecule has 2 aliphatic rings. The largest absolute Gasteiger partial charge is 0.393 e. The highest BCUT2D eigenvalue weighted by molar-refractivity contribution is 7.87. The zero-order valence-corrected chi connectivity index (χ0v) is 17.1. The molecule has 1 N–H and O–H groups in total. The molecule has 0 radical (unpaired) electrons. The van der Waals surface area contributed by atoms with E-state index < -0.39 is 22.1 Å². The summed E-state index contributed by atoms with van der Waals surface area (Å²) in [5.74, 6) is -0.454. The Morgan fingerprint density at radius 3 is 2.45 bits per heavy atom. The molecule has 0 bridgehead atoms. The molecule has 1 fully saturated rings. The Kier molecular flexibility index (Phi) is 4.96. The number of aliphatic hydroxyl groups is 1. The number of benzene rings is 2. The normalized spacial score (nSPS) is 22.3. The summed E-state index contributed by atoms with van der Waals surface area (Å²) in [4.78, 5) is 14.3. The third-order valence-electron chi connectivity index (χ3n) is 5.58. The Balaban J connectivity index is 1.70. The number of nitrogens with zero attached hydrogens (tertiary/aromatic N) is 1. The summed E-state index contributed by atoms with van der Waals surface area (Å²) in [5.41, 5.74) is 2.10. The lowest BCUT2D eigenvalue weighted by molar-refractivity contribution is -0.157. The topological polar surface area (TPSA) is 83.9 Å². The number of fused-ring (bicyclic) bond motifs is 1. The van der Waals surface area contributed by atoms with Gasteiger partial charge in [-0.3, -0.25) is 4.79 Å². The van der Waals surface area contributed by atoms with Crippen molar-refractivity contribution in [1.82, 2.24) is 4.90 Å². The summed E-state index contributed by atoms with van der Waals surface area (Å²) in [7, 11) is -4.03. The maximum absolute atomic E-state index is 12.9. The van der Waals surface area contributed by atoms with Gasteiger partial charge in [0.05, 0.1) is 23.8 Å². The van der Waals surface area contributed by atoms with Crippen molar-refractivity contribution in [2.45, 2.75) is 43.7 Å². The number of aryl methyl sites for hydroxylation is 1. The van der Waals surface area contributed by atoms with Gasteiger partial charge in [-0.15, -0.1) is 0 Å². The molecule has 4 rings (SSSR count). The maximum Gasteiger partial charge on any atom is 0.339 e. The molecule has 2 aliphatic heterocycles. The van der Waals surface area contributed by atoms with Crippen molar-refractivity contribution >= 4 is 16.0 Å². The first-order chi connectivity index (χ1) is 13.8. The number of hydrogen-bond donors (Lipinski definition) is 1. The maximum atomic E-state index is 12.9. The lowest BCUT2D eigenvalue weighted by Gasteiger charge is -2.45. The van der Waals surface area contributed by atoms with Gasteiger partial charge in [0.25, 0.3) is 0 Å². The molecule has 152 valence electrons. The summed E-state index contributed by atoms with van der Waals surface area (Å²) in [6.07, 6.45) is -0.142. The molecule has 0 aromatic heterocycles. The van der Waals surface area contributed by atoms with Crippen molar-refractivity contribution in [3.8, 4) is 0 Å². The molecular weight excluding hydrogens is 390 g/mol. The summed E-state index contributed by atoms with van der Waals surface area (Å²) in [6, 6.07) is 15.9. The number of aliphatic hydroxyl groups excluding tert-OH is 1. The molecule has 2 heterocycles. The van der Waals surface area contributed by atoms with Crippen molar-refractivity contribution in [3.63, 3.8) is 0 Å². The van der Waals surface area contributed by atoms with Gasteiger partial charge in [0.1, 0.15) is 10.7 Å². The van der Waals surface area contributed by atoms with E-state index in [1.807, 2.05) is 30.3 Å². The van der Waals surface area contributed by atoms with Gasteiger partial charge in [-0.2, -0.15) is 8.42 Å². The van der Waals surface area contributed by atoms with Gasteiger partial charge in [0.2, 0.25) is 5.91 Å². The molecule has 6 nitrogen and oxygen atoms in total. The van der Waals surface area contributed by atoms with E-state index in [0.29, 0.717) is 17.7 Å². The lowest BCUT2D eigenvalue weighted by Crippen LogP contribution is -2.61. The fraction of sp³-hybridized carbons (Fsp3) is 0.318. The van der Waals surface area contributed by atoms with Crippen LogP contribution in [0.5, 0.6) is 0 Å². The van der Waals surface area contributed by atoms with E-state index in [1.54, 1.807) is 36.9 Å². The summed E-state index contributed by atoms with van der Waals surface area (Å²) < 4.78 is 31.4. The predicted octanol–water partition coefficient (Wildman–Crippen LogP) is 2.77. The Bertz CT molecular complexity index is 1080. The Morgan fingerprint density at radius 1 is 1.14 bits per heavy atom. The van der Waals surface area contributed by atoms with Crippen LogP contribution in [-0.2, 0) is 25.5 Å². The van der Waals surface area contributed by atoms with Gasteiger partial charge in [0, 0.05) is 12.8 Å². The standard InChI is InChI=1S/C22H23NO5S/c1-14-8-6-7-11-20(14)29(26,27)28-19-13-18-21(15(2)24)22(25)23(18)17(19)12-16-9-4-3-5-10-16/h3-11,15,18,21,24H,12-13H2,1-2H3. The highest BCUT2D eigenvalue weighted by Gasteiger charge is 2.56. The van der Waals surface area contributed by atoms with E-state index in [4.69, 9.17) is 4.18 Å². The molecule has 0 aliphatic carbocycles. The van der Waals surface area contributed by atoms with Gasteiger partial charge in [-0.25, -0.2) is 0 Å². The molecule has 7 heteroatoms. The van der Waals surface area contributed by atoms with Crippen molar-refractivity contribution in [2.24, 2.45) is 5.92 Å². The first-order valence-corrected chi connectivity index (χ1v) is 11.0. The predicted molar refractivity (Wildman–Crippen MR) is 107 cm³/mol. The molecule has 2 aromatic rings. The first kappa shape index (κ1) is 19.7. The number of carbonyl (C=O) groups is 1. The van der Waals surface area contributed by atoms with Crippen LogP contribution in [0.3, 0.4) is 0 Å². The lowest BCUT2D eigenvalue weighted by atomic mass is 9.83. The first-order valence-electron chi connectivity index (χ1n) is 9.57. The van der Waals surface area contributed by atoms with Crippen molar-refractivity contribution in [3.05, 3.63) is 77.2 Å². The third-order valence-corrected chi connectivity index (χ3v) is 7.00. The fourth-order valence-electron chi connectivity index (χ4n) is 4.16. The smallest absolute Gasteiger partial charge is 0.339 e. The highest BCUT2D eigenvalue weighted by Crippen LogP contribution is 2.45. The van der Waals surface area contributed by atoms with E-state index in [9.17, 15) is 18.3 Å². The van der Waals surface area contributed by atoms with Crippen LogP contribution in [0, 0.1) is 12.8 Å². The number of rotatable bonds is 6. The number of hydrogen-bond acceptors (Lipinski definition) is 5. The summed E-state index contributed by atoms with van der Waals surface area (Å²) in [5, 5.41) is 9.97. The second-order valence-corrected chi connectivity index (χ2v) is 9.10. The monoisotopic (exact) mass is 413 g/mol. The Morgan fingerprint density at radius 2 is 1.79 bits per heavy atom. The number of β-lactam (4-membered cyclic amide) rings is 1. The van der Waals surface area contributed by atoms with Crippen molar-refractivity contribution < 1.29 is 22.5 Å². The third kappa shape index (κ3) is 3.45. The van der Waals surface area contributed by atoms with Crippen LogP contribution in [0.4, 0.5) is 0 Å². The summed E-state index contributed by atoms with van der Waals surface area (Å²) in [6.45, 7) is 3.30. The Hall–Kier alpha value is -2.64.